The van der Waals surface area contributed by atoms with Crippen molar-refractivity contribution < 1.29 is 4.74 Å². The van der Waals surface area contributed by atoms with Crippen molar-refractivity contribution in [1.29, 1.82) is 0 Å². The summed E-state index contributed by atoms with van der Waals surface area (Å²) in [6.45, 7) is 6.56. The van der Waals surface area contributed by atoms with Crippen molar-refractivity contribution in [2.45, 2.75) is 57.9 Å². The standard InChI is InChI=1S/C13H25NO/c1-12(2)7-3-4-8-13(12,14)11-5-9-15-10-6-11/h11H,3-10,14H2,1-2H3. The van der Waals surface area contributed by atoms with Crippen molar-refractivity contribution in [3.8, 4) is 0 Å². The first-order valence-corrected chi connectivity index (χ1v) is 6.43. The topological polar surface area (TPSA) is 35.2 Å². The van der Waals surface area contributed by atoms with Gasteiger partial charge in [0.2, 0.25) is 0 Å². The fraction of sp³-hybridized carbons (Fsp3) is 1.00. The Bertz CT molecular complexity index is 221. The molecule has 0 spiro atoms. The Morgan fingerprint density at radius 1 is 1.07 bits per heavy atom. The van der Waals surface area contributed by atoms with Crippen molar-refractivity contribution in [3.05, 3.63) is 0 Å². The molecule has 0 radical (unpaired) electrons. The minimum atomic E-state index is 0.0645. The van der Waals surface area contributed by atoms with Crippen LogP contribution in [-0.4, -0.2) is 18.8 Å². The molecule has 2 aliphatic rings. The molecular formula is C13H25NO. The quantitative estimate of drug-likeness (QED) is 0.724. The zero-order chi connectivity index (χ0) is 10.9. The summed E-state index contributed by atoms with van der Waals surface area (Å²) < 4.78 is 5.45. The summed E-state index contributed by atoms with van der Waals surface area (Å²) in [7, 11) is 0. The Labute approximate surface area is 93.6 Å². The lowest BCUT2D eigenvalue weighted by Crippen LogP contribution is -2.60. The lowest BCUT2D eigenvalue weighted by atomic mass is 9.57. The molecule has 1 heterocycles. The van der Waals surface area contributed by atoms with Gasteiger partial charge in [-0.1, -0.05) is 26.7 Å². The third kappa shape index (κ3) is 1.94. The van der Waals surface area contributed by atoms with Crippen LogP contribution in [0.2, 0.25) is 0 Å². The molecule has 0 aromatic carbocycles. The summed E-state index contributed by atoms with van der Waals surface area (Å²) in [6, 6.07) is 0. The van der Waals surface area contributed by atoms with Gasteiger partial charge in [-0.3, -0.25) is 0 Å². The van der Waals surface area contributed by atoms with Gasteiger partial charge in [-0.05, 0) is 37.0 Å². The summed E-state index contributed by atoms with van der Waals surface area (Å²) in [5, 5.41) is 0. The van der Waals surface area contributed by atoms with Gasteiger partial charge in [0, 0.05) is 18.8 Å². The Morgan fingerprint density at radius 2 is 1.67 bits per heavy atom. The average molecular weight is 211 g/mol. The molecule has 2 fully saturated rings. The van der Waals surface area contributed by atoms with Crippen LogP contribution in [0.1, 0.15) is 52.4 Å². The fourth-order valence-corrected chi connectivity index (χ4v) is 3.52. The molecule has 1 aliphatic carbocycles. The van der Waals surface area contributed by atoms with Crippen LogP contribution in [0.3, 0.4) is 0 Å². The maximum absolute atomic E-state index is 6.76. The SMILES string of the molecule is CC1(C)CCCCC1(N)C1CCOCC1. The molecular weight excluding hydrogens is 186 g/mol. The number of hydrogen-bond acceptors (Lipinski definition) is 2. The number of ether oxygens (including phenoxy) is 1. The fourth-order valence-electron chi connectivity index (χ4n) is 3.52. The highest BCUT2D eigenvalue weighted by molar-refractivity contribution is 5.04. The highest BCUT2D eigenvalue weighted by atomic mass is 16.5. The van der Waals surface area contributed by atoms with E-state index in [0.717, 1.165) is 13.2 Å². The third-order valence-corrected chi connectivity index (χ3v) is 4.85. The molecule has 88 valence electrons. The summed E-state index contributed by atoms with van der Waals surface area (Å²) in [5.74, 6) is 0.682. The molecule has 0 bridgehead atoms. The molecule has 0 aromatic rings. The van der Waals surface area contributed by atoms with E-state index in [1.165, 1.54) is 38.5 Å². The lowest BCUT2D eigenvalue weighted by Gasteiger charge is -2.53. The molecule has 0 amide bonds. The molecule has 1 unspecified atom stereocenters. The first kappa shape index (κ1) is 11.4. The second kappa shape index (κ2) is 4.06. The van der Waals surface area contributed by atoms with Crippen molar-refractivity contribution >= 4 is 0 Å². The number of rotatable bonds is 1. The van der Waals surface area contributed by atoms with Gasteiger partial charge < -0.3 is 10.5 Å². The van der Waals surface area contributed by atoms with Gasteiger partial charge in [0.15, 0.2) is 0 Å². The molecule has 2 N–H and O–H groups in total. The summed E-state index contributed by atoms with van der Waals surface area (Å²) >= 11 is 0. The van der Waals surface area contributed by atoms with Crippen LogP contribution in [0.4, 0.5) is 0 Å². The predicted molar refractivity (Wildman–Crippen MR) is 62.7 cm³/mol. The number of nitrogens with two attached hydrogens (primary N) is 1. The molecule has 15 heavy (non-hydrogen) atoms. The first-order valence-electron chi connectivity index (χ1n) is 6.43. The third-order valence-electron chi connectivity index (χ3n) is 4.85. The van der Waals surface area contributed by atoms with E-state index in [1.807, 2.05) is 0 Å². The minimum absolute atomic E-state index is 0.0645. The minimum Gasteiger partial charge on any atom is -0.381 e. The van der Waals surface area contributed by atoms with Crippen LogP contribution in [0.25, 0.3) is 0 Å². The van der Waals surface area contributed by atoms with Gasteiger partial charge in [0.05, 0.1) is 0 Å². The Balaban J connectivity index is 2.14. The van der Waals surface area contributed by atoms with E-state index in [-0.39, 0.29) is 5.54 Å². The molecule has 1 saturated heterocycles. The van der Waals surface area contributed by atoms with Gasteiger partial charge >= 0.3 is 0 Å². The number of hydrogen-bond donors (Lipinski definition) is 1. The van der Waals surface area contributed by atoms with Gasteiger partial charge in [-0.15, -0.1) is 0 Å². The van der Waals surface area contributed by atoms with E-state index in [2.05, 4.69) is 13.8 Å². The van der Waals surface area contributed by atoms with E-state index < -0.39 is 0 Å². The molecule has 1 aliphatic heterocycles. The highest BCUT2D eigenvalue weighted by Gasteiger charge is 2.48. The summed E-state index contributed by atoms with van der Waals surface area (Å²) in [6.07, 6.45) is 7.51. The van der Waals surface area contributed by atoms with Crippen LogP contribution in [-0.2, 0) is 4.74 Å². The predicted octanol–water partition coefficient (Wildman–Crippen LogP) is 2.71. The van der Waals surface area contributed by atoms with E-state index in [0.29, 0.717) is 11.3 Å². The largest absolute Gasteiger partial charge is 0.381 e. The second-order valence-corrected chi connectivity index (χ2v) is 6.02. The Morgan fingerprint density at radius 3 is 2.27 bits per heavy atom. The van der Waals surface area contributed by atoms with E-state index in [1.54, 1.807) is 0 Å². The van der Waals surface area contributed by atoms with Crippen molar-refractivity contribution in [2.24, 2.45) is 17.1 Å². The van der Waals surface area contributed by atoms with Gasteiger partial charge in [-0.25, -0.2) is 0 Å². The van der Waals surface area contributed by atoms with Crippen LogP contribution < -0.4 is 5.73 Å². The highest BCUT2D eigenvalue weighted by Crippen LogP contribution is 2.48. The van der Waals surface area contributed by atoms with E-state index in [4.69, 9.17) is 10.5 Å². The zero-order valence-corrected chi connectivity index (χ0v) is 10.2. The zero-order valence-electron chi connectivity index (χ0n) is 10.2. The molecule has 2 heteroatoms. The second-order valence-electron chi connectivity index (χ2n) is 6.02. The van der Waals surface area contributed by atoms with Crippen LogP contribution >= 0.6 is 0 Å². The Kier molecular flexibility index (Phi) is 3.09. The summed E-state index contributed by atoms with van der Waals surface area (Å²) in [4.78, 5) is 0. The van der Waals surface area contributed by atoms with Crippen LogP contribution in [0.15, 0.2) is 0 Å². The smallest absolute Gasteiger partial charge is 0.0469 e. The maximum Gasteiger partial charge on any atom is 0.0469 e. The average Bonchev–Trinajstić information content (AvgIpc) is 2.24. The monoisotopic (exact) mass is 211 g/mol. The molecule has 1 atom stereocenters. The molecule has 2 rings (SSSR count). The molecule has 1 saturated carbocycles. The normalized spacial score (nSPS) is 37.8. The van der Waals surface area contributed by atoms with E-state index in [9.17, 15) is 0 Å². The Hall–Kier alpha value is -0.0800. The van der Waals surface area contributed by atoms with Crippen LogP contribution in [0, 0.1) is 11.3 Å². The molecule has 0 aromatic heterocycles. The van der Waals surface area contributed by atoms with E-state index >= 15 is 0 Å². The van der Waals surface area contributed by atoms with Gasteiger partial charge in [0.25, 0.3) is 0 Å². The molecule has 2 nitrogen and oxygen atoms in total. The van der Waals surface area contributed by atoms with Crippen LogP contribution in [0.5, 0.6) is 0 Å². The van der Waals surface area contributed by atoms with Crippen molar-refractivity contribution in [1.82, 2.24) is 0 Å². The first-order chi connectivity index (χ1) is 7.06. The van der Waals surface area contributed by atoms with Gasteiger partial charge in [0.1, 0.15) is 0 Å². The van der Waals surface area contributed by atoms with Gasteiger partial charge in [-0.2, -0.15) is 0 Å². The summed E-state index contributed by atoms with van der Waals surface area (Å²) in [5.41, 5.74) is 7.13. The lowest BCUT2D eigenvalue weighted by molar-refractivity contribution is -0.0211. The van der Waals surface area contributed by atoms with Crippen molar-refractivity contribution in [3.63, 3.8) is 0 Å². The maximum atomic E-state index is 6.76. The van der Waals surface area contributed by atoms with Crippen molar-refractivity contribution in [2.75, 3.05) is 13.2 Å².